The van der Waals surface area contributed by atoms with Crippen LogP contribution in [0.15, 0.2) is 4.79 Å². The van der Waals surface area contributed by atoms with E-state index in [9.17, 15) is 9.59 Å². The Balaban J connectivity index is 2.45. The number of aryl methyl sites for hydroxylation is 2. The van der Waals surface area contributed by atoms with E-state index < -0.39 is 0 Å². The highest BCUT2D eigenvalue weighted by molar-refractivity contribution is 5.50. The number of hydrogen-bond acceptors (Lipinski definition) is 3. The maximum Gasteiger partial charge on any atom is 0.256 e. The molecule has 0 saturated heterocycles. The maximum absolute atomic E-state index is 12.1. The molecule has 0 radical (unpaired) electrons. The molecule has 0 spiro atoms. The van der Waals surface area contributed by atoms with Gasteiger partial charge in [0.05, 0.1) is 0 Å². The molecule has 0 unspecified atom stereocenters. The van der Waals surface area contributed by atoms with E-state index >= 15 is 0 Å². The lowest BCUT2D eigenvalue weighted by Crippen LogP contribution is -2.32. The van der Waals surface area contributed by atoms with E-state index in [1.807, 2.05) is 6.92 Å². The third-order valence-electron chi connectivity index (χ3n) is 3.09. The molecule has 0 bridgehead atoms. The fourth-order valence-electron chi connectivity index (χ4n) is 2.22. The second-order valence-corrected chi connectivity index (χ2v) is 4.21. The van der Waals surface area contributed by atoms with Crippen molar-refractivity contribution in [2.75, 3.05) is 0 Å². The van der Waals surface area contributed by atoms with Crippen molar-refractivity contribution in [2.24, 2.45) is 0 Å². The number of fused-ring (bicyclic) bond motifs is 1. The van der Waals surface area contributed by atoms with Crippen molar-refractivity contribution in [3.8, 4) is 0 Å². The molecule has 0 N–H and O–H groups in total. The van der Waals surface area contributed by atoms with Crippen LogP contribution in [-0.2, 0) is 24.2 Å². The van der Waals surface area contributed by atoms with E-state index in [1.165, 1.54) is 0 Å². The zero-order valence-electron chi connectivity index (χ0n) is 9.53. The van der Waals surface area contributed by atoms with Gasteiger partial charge in [-0.15, -0.1) is 0 Å². The van der Waals surface area contributed by atoms with Crippen LogP contribution in [0.3, 0.4) is 0 Å². The summed E-state index contributed by atoms with van der Waals surface area (Å²) in [5.41, 5.74) is 1.56. The Morgan fingerprint density at radius 2 is 2.25 bits per heavy atom. The summed E-state index contributed by atoms with van der Waals surface area (Å²) in [5.74, 6) is 0.906. The van der Waals surface area contributed by atoms with Gasteiger partial charge in [-0.05, 0) is 26.2 Å². The fourth-order valence-corrected chi connectivity index (χ4v) is 2.22. The van der Waals surface area contributed by atoms with Gasteiger partial charge in [-0.3, -0.25) is 9.36 Å². The van der Waals surface area contributed by atoms with Crippen LogP contribution >= 0.6 is 0 Å². The second-order valence-electron chi connectivity index (χ2n) is 4.21. The van der Waals surface area contributed by atoms with Crippen LogP contribution in [0.2, 0.25) is 0 Å². The Hall–Kier alpha value is -1.45. The summed E-state index contributed by atoms with van der Waals surface area (Å²) in [5, 5.41) is 0. The van der Waals surface area contributed by atoms with Crippen molar-refractivity contribution in [1.29, 1.82) is 0 Å². The second kappa shape index (κ2) is 4.60. The van der Waals surface area contributed by atoms with Crippen LogP contribution in [0.25, 0.3) is 0 Å². The van der Waals surface area contributed by atoms with Crippen LogP contribution in [0.1, 0.15) is 36.3 Å². The maximum atomic E-state index is 12.1. The molecule has 0 aliphatic carbocycles. The van der Waals surface area contributed by atoms with E-state index in [-0.39, 0.29) is 5.56 Å². The Bertz CT molecular complexity index is 463. The molecule has 1 aromatic heterocycles. The quantitative estimate of drug-likeness (QED) is 0.715. The number of aldehydes is 1. The smallest absolute Gasteiger partial charge is 0.256 e. The minimum absolute atomic E-state index is 0.0593. The number of carbonyl (C=O) groups excluding carboxylic acids is 1. The molecule has 0 atom stereocenters. The summed E-state index contributed by atoms with van der Waals surface area (Å²) in [7, 11) is 0. The summed E-state index contributed by atoms with van der Waals surface area (Å²) < 4.78 is 1.77. The highest BCUT2D eigenvalue weighted by Crippen LogP contribution is 2.12. The van der Waals surface area contributed by atoms with Gasteiger partial charge in [-0.25, -0.2) is 4.98 Å². The zero-order chi connectivity index (χ0) is 11.5. The molecular formula is C12H16N2O2. The monoisotopic (exact) mass is 220 g/mol. The summed E-state index contributed by atoms with van der Waals surface area (Å²) in [6, 6.07) is 0. The molecule has 1 aliphatic heterocycles. The molecule has 2 rings (SSSR count). The van der Waals surface area contributed by atoms with Crippen molar-refractivity contribution >= 4 is 6.29 Å². The standard InChI is InChI=1S/C12H16N2O2/c1-9-10(5-4-8-15)12(16)14-7-3-2-6-11(14)13-9/h8H,2-7H2,1H3. The molecular weight excluding hydrogens is 204 g/mol. The Morgan fingerprint density at radius 1 is 1.44 bits per heavy atom. The molecule has 0 aromatic carbocycles. The number of hydrogen-bond donors (Lipinski definition) is 0. The van der Waals surface area contributed by atoms with Crippen LogP contribution in [-0.4, -0.2) is 15.8 Å². The Labute approximate surface area is 94.3 Å². The number of nitrogens with zero attached hydrogens (tertiary/aromatic N) is 2. The van der Waals surface area contributed by atoms with Crippen LogP contribution < -0.4 is 5.56 Å². The third-order valence-corrected chi connectivity index (χ3v) is 3.09. The molecule has 1 aromatic rings. The minimum atomic E-state index is 0.0593. The first-order chi connectivity index (χ1) is 7.74. The predicted octanol–water partition coefficient (Wildman–Crippen LogP) is 1.02. The van der Waals surface area contributed by atoms with E-state index in [1.54, 1.807) is 4.57 Å². The lowest BCUT2D eigenvalue weighted by Gasteiger charge is -2.19. The van der Waals surface area contributed by atoms with Gasteiger partial charge >= 0.3 is 0 Å². The lowest BCUT2D eigenvalue weighted by atomic mass is 10.1. The molecule has 4 heteroatoms. The van der Waals surface area contributed by atoms with Gasteiger partial charge in [-0.2, -0.15) is 0 Å². The topological polar surface area (TPSA) is 52.0 Å². The summed E-state index contributed by atoms with van der Waals surface area (Å²) in [6.45, 7) is 2.63. The van der Waals surface area contributed by atoms with Crippen LogP contribution in [0, 0.1) is 6.92 Å². The summed E-state index contributed by atoms with van der Waals surface area (Å²) in [4.78, 5) is 27.0. The molecule has 4 nitrogen and oxygen atoms in total. The van der Waals surface area contributed by atoms with Gasteiger partial charge in [0, 0.05) is 30.6 Å². The first-order valence-corrected chi connectivity index (χ1v) is 5.77. The van der Waals surface area contributed by atoms with E-state index in [2.05, 4.69) is 4.98 Å². The average Bonchev–Trinajstić information content (AvgIpc) is 2.29. The lowest BCUT2D eigenvalue weighted by molar-refractivity contribution is -0.107. The van der Waals surface area contributed by atoms with Gasteiger partial charge in [0.1, 0.15) is 12.1 Å². The predicted molar refractivity (Wildman–Crippen MR) is 60.6 cm³/mol. The first kappa shape index (κ1) is 11.0. The SMILES string of the molecule is Cc1nc2n(c(=O)c1CCC=O)CCCC2. The summed E-state index contributed by atoms with van der Waals surface area (Å²) in [6.07, 6.45) is 4.82. The van der Waals surface area contributed by atoms with Crippen LogP contribution in [0.4, 0.5) is 0 Å². The third kappa shape index (κ3) is 1.92. The Kier molecular flexibility index (Phi) is 3.17. The van der Waals surface area contributed by atoms with Gasteiger partial charge in [0.15, 0.2) is 0 Å². The molecule has 2 heterocycles. The number of carbonyl (C=O) groups is 1. The van der Waals surface area contributed by atoms with Gasteiger partial charge in [-0.1, -0.05) is 0 Å². The first-order valence-electron chi connectivity index (χ1n) is 5.77. The number of rotatable bonds is 3. The highest BCUT2D eigenvalue weighted by Gasteiger charge is 2.16. The van der Waals surface area contributed by atoms with E-state index in [0.717, 1.165) is 43.6 Å². The molecule has 1 aliphatic rings. The van der Waals surface area contributed by atoms with E-state index in [4.69, 9.17) is 0 Å². The van der Waals surface area contributed by atoms with Gasteiger partial charge in [0.25, 0.3) is 5.56 Å². The van der Waals surface area contributed by atoms with Crippen LogP contribution in [0.5, 0.6) is 0 Å². The normalized spacial score (nSPS) is 14.6. The molecule has 0 saturated carbocycles. The van der Waals surface area contributed by atoms with Crippen molar-refractivity contribution < 1.29 is 4.79 Å². The van der Waals surface area contributed by atoms with Crippen molar-refractivity contribution in [2.45, 2.75) is 45.6 Å². The molecule has 86 valence electrons. The van der Waals surface area contributed by atoms with Crippen molar-refractivity contribution in [3.63, 3.8) is 0 Å². The Morgan fingerprint density at radius 3 is 3.00 bits per heavy atom. The van der Waals surface area contributed by atoms with Crippen molar-refractivity contribution in [3.05, 3.63) is 27.4 Å². The zero-order valence-corrected chi connectivity index (χ0v) is 9.53. The highest BCUT2D eigenvalue weighted by atomic mass is 16.1. The molecule has 0 amide bonds. The van der Waals surface area contributed by atoms with Gasteiger partial charge in [0.2, 0.25) is 0 Å². The number of aromatic nitrogens is 2. The van der Waals surface area contributed by atoms with E-state index in [0.29, 0.717) is 18.4 Å². The molecule has 0 fully saturated rings. The summed E-state index contributed by atoms with van der Waals surface area (Å²) >= 11 is 0. The largest absolute Gasteiger partial charge is 0.303 e. The van der Waals surface area contributed by atoms with Gasteiger partial charge < -0.3 is 4.79 Å². The van der Waals surface area contributed by atoms with Crippen molar-refractivity contribution in [1.82, 2.24) is 9.55 Å². The fraction of sp³-hybridized carbons (Fsp3) is 0.583. The average molecular weight is 220 g/mol. The minimum Gasteiger partial charge on any atom is -0.303 e. The molecule has 16 heavy (non-hydrogen) atoms.